The number of amides is 1. The topological polar surface area (TPSA) is 87.5 Å². The molecule has 0 saturated heterocycles. The third kappa shape index (κ3) is 5.78. The highest BCUT2D eigenvalue weighted by atomic mass is 32.1. The Morgan fingerprint density at radius 1 is 1.08 bits per heavy atom. The molecule has 0 saturated carbocycles. The molecule has 4 rings (SSSR count). The van der Waals surface area contributed by atoms with Crippen molar-refractivity contribution in [2.75, 3.05) is 33.3 Å². The van der Waals surface area contributed by atoms with Crippen LogP contribution < -0.4 is 10.1 Å². The molecule has 1 N–H and O–H groups in total. The third-order valence-corrected chi connectivity index (χ3v) is 6.21. The van der Waals surface area contributed by atoms with Crippen LogP contribution in [0.15, 0.2) is 72.1 Å². The lowest BCUT2D eigenvalue weighted by atomic mass is 9.96. The van der Waals surface area contributed by atoms with E-state index in [0.717, 1.165) is 23.2 Å². The molecule has 4 aromatic rings. The Bertz CT molecular complexity index is 1390. The Hall–Kier alpha value is -4.03. The molecule has 0 bridgehead atoms. The minimum absolute atomic E-state index is 0.0781. The van der Waals surface area contributed by atoms with Gasteiger partial charge in [0.2, 0.25) is 0 Å². The van der Waals surface area contributed by atoms with Crippen LogP contribution in [-0.2, 0) is 11.3 Å². The van der Waals surface area contributed by atoms with Gasteiger partial charge in [-0.25, -0.2) is 4.98 Å². The summed E-state index contributed by atoms with van der Waals surface area (Å²) in [5, 5.41) is 14.8. The van der Waals surface area contributed by atoms with Gasteiger partial charge in [0.15, 0.2) is 12.6 Å². The van der Waals surface area contributed by atoms with E-state index in [2.05, 4.69) is 22.4 Å². The van der Waals surface area contributed by atoms with Gasteiger partial charge in [-0.15, -0.1) is 11.3 Å². The van der Waals surface area contributed by atoms with Crippen LogP contribution in [0.3, 0.4) is 0 Å². The Morgan fingerprint density at radius 3 is 2.64 bits per heavy atom. The maximum absolute atomic E-state index is 12.9. The van der Waals surface area contributed by atoms with E-state index in [9.17, 15) is 10.1 Å². The van der Waals surface area contributed by atoms with Crippen molar-refractivity contribution < 1.29 is 14.3 Å². The second-order valence-corrected chi connectivity index (χ2v) is 9.25. The molecule has 7 nitrogen and oxygen atoms in total. The van der Waals surface area contributed by atoms with Gasteiger partial charge in [-0.1, -0.05) is 36.4 Å². The number of anilines is 1. The van der Waals surface area contributed by atoms with Gasteiger partial charge in [0.25, 0.3) is 5.91 Å². The summed E-state index contributed by atoms with van der Waals surface area (Å²) in [6.45, 7) is 0.831. The number of rotatable bonds is 9. The van der Waals surface area contributed by atoms with Gasteiger partial charge in [0.05, 0.1) is 10.6 Å². The van der Waals surface area contributed by atoms with Crippen LogP contribution >= 0.6 is 11.3 Å². The minimum atomic E-state index is -0.317. The number of pyridine rings is 1. The van der Waals surface area contributed by atoms with Gasteiger partial charge in [0, 0.05) is 24.8 Å². The monoisotopic (exact) mass is 498 g/mol. The van der Waals surface area contributed by atoms with E-state index in [1.54, 1.807) is 19.2 Å². The quantitative estimate of drug-likeness (QED) is 0.300. The lowest BCUT2D eigenvalue weighted by molar-refractivity contribution is 0.0515. The molecule has 0 spiro atoms. The first-order valence-electron chi connectivity index (χ1n) is 11.3. The Balaban J connectivity index is 1.89. The van der Waals surface area contributed by atoms with Crippen molar-refractivity contribution in [2.24, 2.45) is 0 Å². The van der Waals surface area contributed by atoms with E-state index in [1.165, 1.54) is 11.3 Å². The van der Waals surface area contributed by atoms with Gasteiger partial charge in [-0.2, -0.15) is 5.26 Å². The number of hydrogen-bond donors (Lipinski definition) is 1. The lowest BCUT2D eigenvalue weighted by Gasteiger charge is -2.16. The van der Waals surface area contributed by atoms with E-state index in [0.29, 0.717) is 27.4 Å². The molecular formula is C28H26N4O3S. The number of nitrogens with one attached hydrogen (secondary N) is 1. The molecule has 36 heavy (non-hydrogen) atoms. The average Bonchev–Trinajstić information content (AvgIpc) is 3.42. The fraction of sp³-hybridized carbons (Fsp3) is 0.179. The van der Waals surface area contributed by atoms with E-state index in [4.69, 9.17) is 14.5 Å². The van der Waals surface area contributed by atoms with E-state index < -0.39 is 0 Å². The summed E-state index contributed by atoms with van der Waals surface area (Å²) >= 11 is 1.32. The number of nitriles is 1. The van der Waals surface area contributed by atoms with E-state index >= 15 is 0 Å². The highest BCUT2D eigenvalue weighted by Crippen LogP contribution is 2.36. The van der Waals surface area contributed by atoms with Crippen molar-refractivity contribution in [2.45, 2.75) is 6.54 Å². The van der Waals surface area contributed by atoms with Crippen molar-refractivity contribution in [1.82, 2.24) is 9.88 Å². The van der Waals surface area contributed by atoms with Crippen LogP contribution in [0.25, 0.3) is 22.4 Å². The number of hydrogen-bond acceptors (Lipinski definition) is 7. The zero-order valence-corrected chi connectivity index (χ0v) is 21.1. The van der Waals surface area contributed by atoms with Gasteiger partial charge >= 0.3 is 0 Å². The molecule has 0 unspecified atom stereocenters. The number of para-hydroxylation sites is 1. The van der Waals surface area contributed by atoms with Gasteiger partial charge in [-0.3, -0.25) is 4.79 Å². The second kappa shape index (κ2) is 11.6. The summed E-state index contributed by atoms with van der Waals surface area (Å²) in [6.07, 6.45) is 0. The Labute approximate surface area is 214 Å². The summed E-state index contributed by atoms with van der Waals surface area (Å²) in [5.74, 6) is 0.463. The number of nitrogens with zero attached hydrogens (tertiary/aromatic N) is 3. The second-order valence-electron chi connectivity index (χ2n) is 8.31. The van der Waals surface area contributed by atoms with Crippen molar-refractivity contribution in [3.05, 3.63) is 88.1 Å². The minimum Gasteiger partial charge on any atom is -0.467 e. The number of carbonyl (C=O) groups is 1. The molecule has 1 amide bonds. The molecule has 0 aliphatic heterocycles. The van der Waals surface area contributed by atoms with E-state index in [1.807, 2.05) is 68.0 Å². The first kappa shape index (κ1) is 25.1. The lowest BCUT2D eigenvalue weighted by Crippen LogP contribution is -2.14. The molecule has 2 heterocycles. The first-order chi connectivity index (χ1) is 17.5. The number of aromatic nitrogens is 1. The van der Waals surface area contributed by atoms with Crippen LogP contribution in [0.5, 0.6) is 5.75 Å². The molecule has 8 heteroatoms. The zero-order valence-electron chi connectivity index (χ0n) is 20.3. The standard InChI is InChI=1S/C28H26N4O3S/c1-32(2)17-19-8-6-9-20(14-19)22-15-24(21-10-4-5-11-25(21)35-18-34-3)30-27(23(22)16-29)31-28(33)26-12-7-13-36-26/h4-15H,17-18H2,1-3H3,(H,30,31,33). The zero-order chi connectivity index (χ0) is 25.5. The molecule has 2 aromatic carbocycles. The van der Waals surface area contributed by atoms with Crippen molar-refractivity contribution in [1.29, 1.82) is 5.26 Å². The fourth-order valence-electron chi connectivity index (χ4n) is 3.82. The van der Waals surface area contributed by atoms with Crippen molar-refractivity contribution in [3.8, 4) is 34.2 Å². The SMILES string of the molecule is COCOc1ccccc1-c1cc(-c2cccc(CN(C)C)c2)c(C#N)c(NC(=O)c2cccs2)n1. The summed E-state index contributed by atoms with van der Waals surface area (Å²) in [6, 6.07) is 23.2. The first-order valence-corrected chi connectivity index (χ1v) is 12.1. The predicted molar refractivity (Wildman–Crippen MR) is 142 cm³/mol. The number of methoxy groups -OCH3 is 1. The van der Waals surface area contributed by atoms with Crippen molar-refractivity contribution >= 4 is 23.1 Å². The van der Waals surface area contributed by atoms with E-state index in [-0.39, 0.29) is 18.5 Å². The van der Waals surface area contributed by atoms with Gasteiger partial charge < -0.3 is 19.7 Å². The predicted octanol–water partition coefficient (Wildman–Crippen LogP) is 5.65. The number of ether oxygens (including phenoxy) is 2. The Morgan fingerprint density at radius 2 is 1.92 bits per heavy atom. The highest BCUT2D eigenvalue weighted by Gasteiger charge is 2.20. The van der Waals surface area contributed by atoms with Crippen LogP contribution in [0.4, 0.5) is 5.82 Å². The molecule has 0 aliphatic carbocycles. The average molecular weight is 499 g/mol. The maximum Gasteiger partial charge on any atom is 0.266 e. The summed E-state index contributed by atoms with van der Waals surface area (Å²) in [5.41, 5.74) is 4.21. The molecule has 182 valence electrons. The molecule has 2 aromatic heterocycles. The smallest absolute Gasteiger partial charge is 0.266 e. The molecule has 0 radical (unpaired) electrons. The molecule has 0 fully saturated rings. The van der Waals surface area contributed by atoms with Crippen LogP contribution in [0, 0.1) is 11.3 Å². The summed E-state index contributed by atoms with van der Waals surface area (Å²) in [7, 11) is 5.57. The fourth-order valence-corrected chi connectivity index (χ4v) is 4.44. The normalized spacial score (nSPS) is 10.8. The molecule has 0 atom stereocenters. The number of benzene rings is 2. The van der Waals surface area contributed by atoms with Crippen LogP contribution in [0.2, 0.25) is 0 Å². The van der Waals surface area contributed by atoms with Gasteiger partial charge in [0.1, 0.15) is 17.4 Å². The van der Waals surface area contributed by atoms with Crippen LogP contribution in [0.1, 0.15) is 20.8 Å². The third-order valence-electron chi connectivity index (χ3n) is 5.34. The Kier molecular flexibility index (Phi) is 8.08. The van der Waals surface area contributed by atoms with Crippen LogP contribution in [-0.4, -0.2) is 43.8 Å². The number of thiophene rings is 1. The highest BCUT2D eigenvalue weighted by molar-refractivity contribution is 7.12. The van der Waals surface area contributed by atoms with Crippen molar-refractivity contribution in [3.63, 3.8) is 0 Å². The molecule has 0 aliphatic rings. The largest absolute Gasteiger partial charge is 0.467 e. The number of carbonyl (C=O) groups excluding carboxylic acids is 1. The van der Waals surface area contributed by atoms with Gasteiger partial charge in [-0.05, 0) is 60.9 Å². The summed E-state index contributed by atoms with van der Waals surface area (Å²) < 4.78 is 10.9. The molecular weight excluding hydrogens is 472 g/mol. The summed E-state index contributed by atoms with van der Waals surface area (Å²) in [4.78, 5) is 20.2. The maximum atomic E-state index is 12.9.